The van der Waals surface area contributed by atoms with Crippen molar-refractivity contribution in [3.63, 3.8) is 0 Å². The molecule has 4 nitrogen and oxygen atoms in total. The van der Waals surface area contributed by atoms with E-state index in [0.717, 1.165) is 22.6 Å². The fourth-order valence-corrected chi connectivity index (χ4v) is 5.81. The van der Waals surface area contributed by atoms with Crippen LogP contribution in [0.2, 0.25) is 0 Å². The van der Waals surface area contributed by atoms with E-state index in [-0.39, 0.29) is 17.3 Å². The molecule has 2 aliphatic rings. The molecular formula is C22H25NO3S. The third-order valence-electron chi connectivity index (χ3n) is 5.53. The van der Waals surface area contributed by atoms with Gasteiger partial charge in [-0.3, -0.25) is 4.79 Å². The molecule has 0 aromatic heterocycles. The van der Waals surface area contributed by atoms with Crippen molar-refractivity contribution in [1.29, 1.82) is 0 Å². The maximum atomic E-state index is 13.4. The average Bonchev–Trinajstić information content (AvgIpc) is 3.11. The molecule has 0 saturated carbocycles. The van der Waals surface area contributed by atoms with Crippen LogP contribution in [-0.4, -0.2) is 35.1 Å². The molecule has 4 rings (SSSR count). The zero-order valence-corrected chi connectivity index (χ0v) is 16.7. The van der Waals surface area contributed by atoms with Crippen LogP contribution < -0.4 is 4.74 Å². The van der Waals surface area contributed by atoms with Crippen LogP contribution in [0.25, 0.3) is 0 Å². The van der Waals surface area contributed by atoms with Gasteiger partial charge in [-0.1, -0.05) is 56.3 Å². The number of fused-ring (bicyclic) bond motifs is 1. The van der Waals surface area contributed by atoms with Crippen molar-refractivity contribution in [2.75, 3.05) is 12.9 Å². The SMILES string of the molecule is COc1ccc([C@]2(OCc3ccccc3)C(=O)N3[C@@H](C(C)C)CS[C@H]32)cc1. The van der Waals surface area contributed by atoms with Gasteiger partial charge < -0.3 is 14.4 Å². The minimum Gasteiger partial charge on any atom is -0.497 e. The van der Waals surface area contributed by atoms with Crippen LogP contribution >= 0.6 is 11.8 Å². The second kappa shape index (κ2) is 7.21. The Kier molecular flexibility index (Phi) is 4.91. The summed E-state index contributed by atoms with van der Waals surface area (Å²) in [7, 11) is 1.65. The largest absolute Gasteiger partial charge is 0.497 e. The monoisotopic (exact) mass is 383 g/mol. The molecule has 2 fully saturated rings. The summed E-state index contributed by atoms with van der Waals surface area (Å²) in [6.07, 6.45) is 0. The lowest BCUT2D eigenvalue weighted by molar-refractivity contribution is -0.202. The molecule has 2 aromatic rings. The molecule has 2 aromatic carbocycles. The molecule has 0 aliphatic carbocycles. The van der Waals surface area contributed by atoms with Gasteiger partial charge in [-0.05, 0) is 29.2 Å². The lowest BCUT2D eigenvalue weighted by Crippen LogP contribution is -2.71. The molecule has 2 aliphatic heterocycles. The number of thioether (sulfide) groups is 1. The van der Waals surface area contributed by atoms with Crippen molar-refractivity contribution >= 4 is 17.7 Å². The summed E-state index contributed by atoms with van der Waals surface area (Å²) in [5.41, 5.74) is 1.05. The summed E-state index contributed by atoms with van der Waals surface area (Å²) in [6.45, 7) is 4.77. The van der Waals surface area contributed by atoms with E-state index in [0.29, 0.717) is 12.5 Å². The minimum absolute atomic E-state index is 0.0227. The number of methoxy groups -OCH3 is 1. The minimum atomic E-state index is -0.920. The van der Waals surface area contributed by atoms with Crippen LogP contribution in [0, 0.1) is 5.92 Å². The van der Waals surface area contributed by atoms with Crippen LogP contribution in [0.5, 0.6) is 5.75 Å². The number of hydrogen-bond donors (Lipinski definition) is 0. The molecule has 0 N–H and O–H groups in total. The van der Waals surface area contributed by atoms with Gasteiger partial charge in [0.05, 0.1) is 13.7 Å². The number of rotatable bonds is 6. The lowest BCUT2D eigenvalue weighted by atomic mass is 9.81. The normalized spacial score (nSPS) is 26.8. The zero-order valence-electron chi connectivity index (χ0n) is 15.9. The van der Waals surface area contributed by atoms with Crippen LogP contribution in [0.1, 0.15) is 25.0 Å². The second-order valence-electron chi connectivity index (χ2n) is 7.45. The van der Waals surface area contributed by atoms with E-state index in [9.17, 15) is 4.79 Å². The highest BCUT2D eigenvalue weighted by molar-refractivity contribution is 8.00. The number of β-lactam (4-membered cyclic amide) rings is 1. The van der Waals surface area contributed by atoms with Crippen molar-refractivity contribution in [1.82, 2.24) is 4.90 Å². The summed E-state index contributed by atoms with van der Waals surface area (Å²) in [4.78, 5) is 15.4. The Balaban J connectivity index is 1.67. The number of carbonyl (C=O) groups is 1. The Hall–Kier alpha value is -1.98. The smallest absolute Gasteiger partial charge is 0.263 e. The predicted molar refractivity (Wildman–Crippen MR) is 108 cm³/mol. The highest BCUT2D eigenvalue weighted by Gasteiger charge is 2.67. The van der Waals surface area contributed by atoms with Crippen molar-refractivity contribution in [2.24, 2.45) is 5.92 Å². The van der Waals surface area contributed by atoms with Crippen molar-refractivity contribution in [2.45, 2.75) is 37.5 Å². The molecule has 27 heavy (non-hydrogen) atoms. The first-order chi connectivity index (χ1) is 13.1. The van der Waals surface area contributed by atoms with E-state index in [2.05, 4.69) is 13.8 Å². The Morgan fingerprint density at radius 2 is 1.85 bits per heavy atom. The quantitative estimate of drug-likeness (QED) is 0.706. The lowest BCUT2D eigenvalue weighted by Gasteiger charge is -2.54. The van der Waals surface area contributed by atoms with Crippen molar-refractivity contribution in [3.05, 3.63) is 65.7 Å². The fraction of sp³-hybridized carbons (Fsp3) is 0.409. The number of amides is 1. The van der Waals surface area contributed by atoms with E-state index < -0.39 is 5.60 Å². The van der Waals surface area contributed by atoms with Crippen LogP contribution in [-0.2, 0) is 21.7 Å². The number of nitrogens with zero attached hydrogens (tertiary/aromatic N) is 1. The molecular weight excluding hydrogens is 358 g/mol. The summed E-state index contributed by atoms with van der Waals surface area (Å²) in [5, 5.41) is 0.0227. The Morgan fingerprint density at radius 1 is 1.15 bits per heavy atom. The molecule has 2 heterocycles. The molecule has 2 saturated heterocycles. The highest BCUT2D eigenvalue weighted by atomic mass is 32.2. The van der Waals surface area contributed by atoms with Gasteiger partial charge in [-0.25, -0.2) is 0 Å². The Bertz CT molecular complexity index is 808. The van der Waals surface area contributed by atoms with E-state index in [1.807, 2.05) is 71.3 Å². The molecule has 0 unspecified atom stereocenters. The Labute approximate surface area is 164 Å². The van der Waals surface area contributed by atoms with Gasteiger partial charge in [0.2, 0.25) is 5.60 Å². The number of hydrogen-bond acceptors (Lipinski definition) is 4. The first kappa shape index (κ1) is 18.4. The summed E-state index contributed by atoms with van der Waals surface area (Å²) in [5.74, 6) is 2.26. The van der Waals surface area contributed by atoms with Crippen molar-refractivity contribution < 1.29 is 14.3 Å². The Morgan fingerprint density at radius 3 is 2.48 bits per heavy atom. The van der Waals surface area contributed by atoms with Crippen molar-refractivity contribution in [3.8, 4) is 5.75 Å². The molecule has 0 bridgehead atoms. The topological polar surface area (TPSA) is 38.8 Å². The predicted octanol–water partition coefficient (Wildman–Crippen LogP) is 4.05. The summed E-state index contributed by atoms with van der Waals surface area (Å²) < 4.78 is 11.7. The summed E-state index contributed by atoms with van der Waals surface area (Å²) >= 11 is 1.83. The molecule has 0 spiro atoms. The van der Waals surface area contributed by atoms with Gasteiger partial charge in [0.15, 0.2) is 0 Å². The fourth-order valence-electron chi connectivity index (χ4n) is 3.93. The second-order valence-corrected chi connectivity index (χ2v) is 8.56. The van der Waals surface area contributed by atoms with Crippen LogP contribution in [0.4, 0.5) is 0 Å². The van der Waals surface area contributed by atoms with E-state index in [4.69, 9.17) is 9.47 Å². The third kappa shape index (κ3) is 2.93. The first-order valence-corrected chi connectivity index (χ1v) is 10.4. The third-order valence-corrected chi connectivity index (χ3v) is 6.94. The van der Waals surface area contributed by atoms with E-state index in [1.54, 1.807) is 7.11 Å². The van der Waals surface area contributed by atoms with Gasteiger partial charge in [0.1, 0.15) is 11.1 Å². The summed E-state index contributed by atoms with van der Waals surface area (Å²) in [6, 6.07) is 18.0. The molecule has 3 atom stereocenters. The van der Waals surface area contributed by atoms with Gasteiger partial charge in [-0.15, -0.1) is 11.8 Å². The highest BCUT2D eigenvalue weighted by Crippen LogP contribution is 2.55. The average molecular weight is 384 g/mol. The number of benzene rings is 2. The maximum absolute atomic E-state index is 13.4. The van der Waals surface area contributed by atoms with Gasteiger partial charge in [0, 0.05) is 11.8 Å². The molecule has 1 amide bonds. The van der Waals surface area contributed by atoms with E-state index >= 15 is 0 Å². The van der Waals surface area contributed by atoms with Crippen LogP contribution in [0.3, 0.4) is 0 Å². The molecule has 0 radical (unpaired) electrons. The zero-order chi connectivity index (χ0) is 19.0. The van der Waals surface area contributed by atoms with Gasteiger partial charge in [0.25, 0.3) is 5.91 Å². The maximum Gasteiger partial charge on any atom is 0.263 e. The standard InChI is InChI=1S/C22H25NO3S/c1-15(2)19-14-27-21-22(20(24)23(19)21,17-9-11-18(25-3)12-10-17)26-13-16-7-5-4-6-8-16/h4-12,15,19,21H,13-14H2,1-3H3/t19-,21+,22+/m1/s1. The first-order valence-electron chi connectivity index (χ1n) is 9.34. The van der Waals surface area contributed by atoms with Crippen LogP contribution in [0.15, 0.2) is 54.6 Å². The number of ether oxygens (including phenoxy) is 2. The number of carbonyl (C=O) groups excluding carboxylic acids is 1. The van der Waals surface area contributed by atoms with E-state index in [1.165, 1.54) is 0 Å². The molecule has 5 heteroatoms. The van der Waals surface area contributed by atoms with Gasteiger partial charge in [-0.2, -0.15) is 0 Å². The molecule has 142 valence electrons. The van der Waals surface area contributed by atoms with Gasteiger partial charge >= 0.3 is 0 Å².